The number of hydrogen-bond acceptors (Lipinski definition) is 3. The molecule has 0 aromatic rings. The molecule has 0 atom stereocenters. The molecule has 0 heterocycles. The second-order valence-corrected chi connectivity index (χ2v) is 5.57. The van der Waals surface area contributed by atoms with E-state index in [1.807, 2.05) is 34.6 Å². The number of ether oxygens (including phenoxy) is 1. The van der Waals surface area contributed by atoms with Crippen molar-refractivity contribution in [1.82, 2.24) is 0 Å². The van der Waals surface area contributed by atoms with Gasteiger partial charge in [0.1, 0.15) is 5.78 Å². The van der Waals surface area contributed by atoms with Crippen molar-refractivity contribution in [2.45, 2.75) is 47.5 Å². The van der Waals surface area contributed by atoms with E-state index in [2.05, 4.69) is 4.74 Å². The van der Waals surface area contributed by atoms with Gasteiger partial charge in [0.15, 0.2) is 0 Å². The lowest BCUT2D eigenvalue weighted by atomic mass is 9.66. The average Bonchev–Trinajstić information content (AvgIpc) is 2.09. The van der Waals surface area contributed by atoms with Gasteiger partial charge in [0.25, 0.3) is 0 Å². The van der Waals surface area contributed by atoms with Crippen LogP contribution < -0.4 is 5.73 Å². The molecule has 16 heavy (non-hydrogen) atoms. The van der Waals surface area contributed by atoms with Gasteiger partial charge >= 0.3 is 6.09 Å². The van der Waals surface area contributed by atoms with E-state index < -0.39 is 6.09 Å². The number of hydrogen-bond donors (Lipinski definition) is 1. The Kier molecular flexibility index (Phi) is 4.97. The van der Waals surface area contributed by atoms with Crippen LogP contribution in [0.25, 0.3) is 0 Å². The predicted octanol–water partition coefficient (Wildman–Crippen LogP) is 2.50. The van der Waals surface area contributed by atoms with Gasteiger partial charge < -0.3 is 10.5 Å². The summed E-state index contributed by atoms with van der Waals surface area (Å²) in [7, 11) is 0. The van der Waals surface area contributed by atoms with Crippen molar-refractivity contribution in [2.24, 2.45) is 16.6 Å². The lowest BCUT2D eigenvalue weighted by Gasteiger charge is -2.37. The first-order chi connectivity index (χ1) is 7.09. The van der Waals surface area contributed by atoms with Crippen LogP contribution in [0.3, 0.4) is 0 Å². The van der Waals surface area contributed by atoms with Crippen molar-refractivity contribution >= 4 is 11.9 Å². The first-order valence-electron chi connectivity index (χ1n) is 5.54. The van der Waals surface area contributed by atoms with Gasteiger partial charge in [-0.3, -0.25) is 4.79 Å². The lowest BCUT2D eigenvalue weighted by molar-refractivity contribution is -0.132. The van der Waals surface area contributed by atoms with Crippen LogP contribution in [0.2, 0.25) is 0 Å². The van der Waals surface area contributed by atoms with E-state index >= 15 is 0 Å². The highest BCUT2D eigenvalue weighted by molar-refractivity contribution is 5.84. The standard InChI is InChI=1S/C12H23NO3/c1-11(2,3)12(4,5)9(14)7-6-8-16-10(13)15/h6-8H2,1-5H3,(H2,13,15). The van der Waals surface area contributed by atoms with Gasteiger partial charge in [0.05, 0.1) is 6.61 Å². The average molecular weight is 229 g/mol. The Hall–Kier alpha value is -1.06. The maximum atomic E-state index is 12.0. The second-order valence-electron chi connectivity index (χ2n) is 5.57. The minimum absolute atomic E-state index is 0.0748. The summed E-state index contributed by atoms with van der Waals surface area (Å²) in [4.78, 5) is 22.3. The highest BCUT2D eigenvalue weighted by Crippen LogP contribution is 2.39. The molecule has 0 aliphatic heterocycles. The Bertz CT molecular complexity index is 264. The van der Waals surface area contributed by atoms with Gasteiger partial charge in [-0.05, 0) is 11.8 Å². The summed E-state index contributed by atoms with van der Waals surface area (Å²) >= 11 is 0. The third kappa shape index (κ3) is 4.21. The summed E-state index contributed by atoms with van der Waals surface area (Å²) in [6.45, 7) is 10.2. The SMILES string of the molecule is CC(C)(C)C(C)(C)C(=O)CCCOC(N)=O. The molecule has 1 amide bonds. The quantitative estimate of drug-likeness (QED) is 0.736. The number of rotatable bonds is 5. The Morgan fingerprint density at radius 3 is 2.00 bits per heavy atom. The molecule has 0 spiro atoms. The monoisotopic (exact) mass is 229 g/mol. The van der Waals surface area contributed by atoms with Crippen LogP contribution in [0.1, 0.15) is 47.5 Å². The molecule has 0 saturated carbocycles. The van der Waals surface area contributed by atoms with Gasteiger partial charge in [-0.15, -0.1) is 0 Å². The number of ketones is 1. The maximum Gasteiger partial charge on any atom is 0.404 e. The van der Waals surface area contributed by atoms with Crippen molar-refractivity contribution in [3.63, 3.8) is 0 Å². The van der Waals surface area contributed by atoms with Crippen LogP contribution >= 0.6 is 0 Å². The molecule has 0 bridgehead atoms. The second kappa shape index (κ2) is 5.32. The van der Waals surface area contributed by atoms with Crippen LogP contribution in [0.5, 0.6) is 0 Å². The van der Waals surface area contributed by atoms with Crippen molar-refractivity contribution in [1.29, 1.82) is 0 Å². The topological polar surface area (TPSA) is 69.4 Å². The molecule has 0 rings (SSSR count). The normalized spacial score (nSPS) is 12.3. The van der Waals surface area contributed by atoms with Crippen molar-refractivity contribution in [3.8, 4) is 0 Å². The summed E-state index contributed by atoms with van der Waals surface area (Å²) in [5, 5.41) is 0. The van der Waals surface area contributed by atoms with Crippen LogP contribution in [0, 0.1) is 10.8 Å². The third-order valence-electron chi connectivity index (χ3n) is 3.36. The number of primary amides is 1. The molecule has 0 fully saturated rings. The third-order valence-corrected chi connectivity index (χ3v) is 3.36. The van der Waals surface area contributed by atoms with Crippen molar-refractivity contribution in [3.05, 3.63) is 0 Å². The Morgan fingerprint density at radius 2 is 1.62 bits per heavy atom. The van der Waals surface area contributed by atoms with E-state index in [4.69, 9.17) is 5.73 Å². The fourth-order valence-corrected chi connectivity index (χ4v) is 1.14. The molecule has 0 radical (unpaired) electrons. The smallest absolute Gasteiger partial charge is 0.404 e. The summed E-state index contributed by atoms with van der Waals surface area (Å²) in [5.74, 6) is 0.188. The zero-order valence-electron chi connectivity index (χ0n) is 10.9. The molecule has 0 unspecified atom stereocenters. The molecule has 94 valence electrons. The molecule has 4 heteroatoms. The molecular weight excluding hydrogens is 206 g/mol. The summed E-state index contributed by atoms with van der Waals surface area (Å²) < 4.78 is 4.58. The van der Waals surface area contributed by atoms with Crippen LogP contribution in [0.4, 0.5) is 4.79 Å². The van der Waals surface area contributed by atoms with E-state index in [9.17, 15) is 9.59 Å². The molecule has 0 aliphatic rings. The van der Waals surface area contributed by atoms with E-state index in [1.165, 1.54) is 0 Å². The van der Waals surface area contributed by atoms with Crippen molar-refractivity contribution < 1.29 is 14.3 Å². The molecule has 0 aromatic heterocycles. The Balaban J connectivity index is 4.12. The molecule has 4 nitrogen and oxygen atoms in total. The van der Waals surface area contributed by atoms with E-state index in [0.717, 1.165) is 0 Å². The summed E-state index contributed by atoms with van der Waals surface area (Å²) in [5.41, 5.74) is 4.37. The highest BCUT2D eigenvalue weighted by atomic mass is 16.5. The Labute approximate surface area is 97.5 Å². The first kappa shape index (κ1) is 14.9. The fourth-order valence-electron chi connectivity index (χ4n) is 1.14. The van der Waals surface area contributed by atoms with Gasteiger partial charge in [-0.25, -0.2) is 4.79 Å². The van der Waals surface area contributed by atoms with Crippen LogP contribution in [0.15, 0.2) is 0 Å². The minimum atomic E-state index is -0.789. The zero-order chi connectivity index (χ0) is 13.0. The van der Waals surface area contributed by atoms with E-state index in [1.54, 1.807) is 0 Å². The lowest BCUT2D eigenvalue weighted by Crippen LogP contribution is -2.37. The number of carbonyl (C=O) groups excluding carboxylic acids is 2. The molecule has 2 N–H and O–H groups in total. The minimum Gasteiger partial charge on any atom is -0.450 e. The zero-order valence-corrected chi connectivity index (χ0v) is 10.9. The molecular formula is C12H23NO3. The summed E-state index contributed by atoms with van der Waals surface area (Å²) in [6.07, 6.45) is 0.154. The van der Waals surface area contributed by atoms with Gasteiger partial charge in [0, 0.05) is 11.8 Å². The van der Waals surface area contributed by atoms with Crippen molar-refractivity contribution in [2.75, 3.05) is 6.61 Å². The largest absolute Gasteiger partial charge is 0.450 e. The Morgan fingerprint density at radius 1 is 1.12 bits per heavy atom. The predicted molar refractivity (Wildman–Crippen MR) is 63.0 cm³/mol. The van der Waals surface area contributed by atoms with Gasteiger partial charge in [-0.1, -0.05) is 34.6 Å². The number of carbonyl (C=O) groups is 2. The number of amides is 1. The molecule has 0 aliphatic carbocycles. The number of Topliss-reactive ketones (excluding diaryl/α,β-unsaturated/α-hetero) is 1. The maximum absolute atomic E-state index is 12.0. The first-order valence-corrected chi connectivity index (χ1v) is 5.54. The fraction of sp³-hybridized carbons (Fsp3) is 0.833. The van der Waals surface area contributed by atoms with E-state index in [0.29, 0.717) is 12.8 Å². The van der Waals surface area contributed by atoms with Gasteiger partial charge in [-0.2, -0.15) is 0 Å². The highest BCUT2D eigenvalue weighted by Gasteiger charge is 2.38. The van der Waals surface area contributed by atoms with Crippen LogP contribution in [-0.4, -0.2) is 18.5 Å². The molecule has 0 aromatic carbocycles. The van der Waals surface area contributed by atoms with E-state index in [-0.39, 0.29) is 23.2 Å². The van der Waals surface area contributed by atoms with Gasteiger partial charge in [0.2, 0.25) is 0 Å². The number of nitrogens with two attached hydrogens (primary N) is 1. The molecule has 0 saturated heterocycles. The van der Waals surface area contributed by atoms with Crippen LogP contribution in [-0.2, 0) is 9.53 Å². The summed E-state index contributed by atoms with van der Waals surface area (Å²) in [6, 6.07) is 0.